The van der Waals surface area contributed by atoms with Crippen LogP contribution in [0.4, 0.5) is 11.6 Å². The van der Waals surface area contributed by atoms with Gasteiger partial charge in [-0.3, -0.25) is 30.1 Å². The molecule has 3 rings (SSSR count). The molecule has 212 valence electrons. The number of hydroxylamine groups is 1. The Kier molecular flexibility index (Phi) is 10.8. The lowest BCUT2D eigenvalue weighted by atomic mass is 9.99. The summed E-state index contributed by atoms with van der Waals surface area (Å²) in [6.45, 7) is 0.443. The van der Waals surface area contributed by atoms with Crippen LogP contribution in [0, 0.1) is 0 Å². The first kappa shape index (κ1) is 30.3. The molecule has 12 nitrogen and oxygen atoms in total. The highest BCUT2D eigenvalue weighted by atomic mass is 35.5. The molecule has 2 aromatic carbocycles. The number of benzene rings is 2. The predicted octanol–water partition coefficient (Wildman–Crippen LogP) is 2.66. The summed E-state index contributed by atoms with van der Waals surface area (Å²) in [5.74, 6) is -1.10. The van der Waals surface area contributed by atoms with Gasteiger partial charge in [0.1, 0.15) is 0 Å². The Morgan fingerprint density at radius 2 is 1.50 bits per heavy atom. The van der Waals surface area contributed by atoms with Gasteiger partial charge in [-0.05, 0) is 47.9 Å². The van der Waals surface area contributed by atoms with Gasteiger partial charge in [0, 0.05) is 27.1 Å². The fraction of sp³-hybridized carbons (Fsp3) is 0.296. The number of rotatable bonds is 11. The van der Waals surface area contributed by atoms with E-state index in [0.29, 0.717) is 19.4 Å². The number of nitrogens with one attached hydrogen (secondary N) is 1. The van der Waals surface area contributed by atoms with Crippen LogP contribution in [-0.2, 0) is 17.6 Å². The van der Waals surface area contributed by atoms with Gasteiger partial charge < -0.3 is 17.2 Å². The number of nitrogen functional groups attached to an aromatic ring is 2. The molecule has 3 aromatic rings. The maximum Gasteiger partial charge on any atom is 0.280 e. The standard InChI is InChI=1S/C27H34ClN9O3/c1-36(37(2)40)21(38)15-10-18-8-13-20(14-9-18)19-11-6-17(7-12-19)5-3-4-16-32-27(31)35-26(39)22-24(29)34-25(30)23(28)33-22/h6-9,11-14,40H,3-5,10,15-16H2,1-2H3,(H4,29,30,34)(H3,31,32,35,39). The summed E-state index contributed by atoms with van der Waals surface area (Å²) >= 11 is 5.80. The minimum atomic E-state index is -0.670. The molecule has 0 aliphatic heterocycles. The molecule has 0 radical (unpaired) electrons. The van der Waals surface area contributed by atoms with Gasteiger partial charge in [0.15, 0.2) is 28.4 Å². The fourth-order valence-corrected chi connectivity index (χ4v) is 3.89. The zero-order valence-electron chi connectivity index (χ0n) is 22.5. The number of guanidine groups is 1. The Labute approximate surface area is 237 Å². The molecule has 0 aliphatic carbocycles. The second-order valence-corrected chi connectivity index (χ2v) is 9.47. The normalized spacial score (nSPS) is 11.5. The van der Waals surface area contributed by atoms with E-state index < -0.39 is 5.91 Å². The lowest BCUT2D eigenvalue weighted by molar-refractivity contribution is -0.216. The highest BCUT2D eigenvalue weighted by Gasteiger charge is 2.16. The zero-order chi connectivity index (χ0) is 29.2. The van der Waals surface area contributed by atoms with E-state index in [4.69, 9.17) is 28.8 Å². The average Bonchev–Trinajstić information content (AvgIpc) is 2.93. The molecule has 0 fully saturated rings. The summed E-state index contributed by atoms with van der Waals surface area (Å²) in [4.78, 5) is 36.1. The summed E-state index contributed by atoms with van der Waals surface area (Å²) < 4.78 is 0. The van der Waals surface area contributed by atoms with E-state index in [1.54, 1.807) is 0 Å². The lowest BCUT2D eigenvalue weighted by Gasteiger charge is -2.21. The number of carbonyl (C=O) groups is 2. The van der Waals surface area contributed by atoms with Crippen LogP contribution < -0.4 is 22.5 Å². The van der Waals surface area contributed by atoms with Crippen molar-refractivity contribution in [2.75, 3.05) is 32.1 Å². The van der Waals surface area contributed by atoms with E-state index in [1.165, 1.54) is 24.7 Å². The van der Waals surface area contributed by atoms with Crippen LogP contribution in [0.2, 0.25) is 5.15 Å². The van der Waals surface area contributed by atoms with E-state index in [1.807, 2.05) is 24.3 Å². The number of carbonyl (C=O) groups excluding carboxylic acids is 2. The highest BCUT2D eigenvalue weighted by Crippen LogP contribution is 2.22. The minimum absolute atomic E-state index is 0.0498. The molecule has 0 unspecified atom stereocenters. The van der Waals surface area contributed by atoms with Crippen LogP contribution in [0.15, 0.2) is 53.5 Å². The number of hydrazine groups is 1. The second kappa shape index (κ2) is 14.2. The number of unbranched alkanes of at least 4 members (excludes halogenated alkanes) is 1. The number of nitrogens with zero attached hydrogens (tertiary/aromatic N) is 5. The maximum absolute atomic E-state index is 12.3. The number of aliphatic imine (C=N–C) groups is 1. The zero-order valence-corrected chi connectivity index (χ0v) is 23.2. The molecule has 1 aromatic heterocycles. The second-order valence-electron chi connectivity index (χ2n) is 9.11. The molecule has 40 heavy (non-hydrogen) atoms. The molecule has 0 atom stereocenters. The third-order valence-electron chi connectivity index (χ3n) is 6.18. The van der Waals surface area contributed by atoms with Gasteiger partial charge in [0.2, 0.25) is 5.91 Å². The summed E-state index contributed by atoms with van der Waals surface area (Å²) in [7, 11) is 2.93. The molecular formula is C27H34ClN9O3. The van der Waals surface area contributed by atoms with Crippen LogP contribution in [0.25, 0.3) is 11.1 Å². The number of aryl methyl sites for hydroxylation is 2. The number of anilines is 2. The topological polar surface area (TPSA) is 189 Å². The van der Waals surface area contributed by atoms with Gasteiger partial charge in [-0.2, -0.15) is 0 Å². The Hall–Kier alpha value is -4.26. The summed E-state index contributed by atoms with van der Waals surface area (Å²) in [5.41, 5.74) is 21.3. The lowest BCUT2D eigenvalue weighted by Crippen LogP contribution is -2.38. The predicted molar refractivity (Wildman–Crippen MR) is 155 cm³/mol. The molecule has 13 heteroatoms. The first-order valence-corrected chi connectivity index (χ1v) is 13.0. The van der Waals surface area contributed by atoms with Crippen molar-refractivity contribution in [2.45, 2.75) is 32.1 Å². The van der Waals surface area contributed by atoms with Gasteiger partial charge in [-0.15, -0.1) is 5.17 Å². The van der Waals surface area contributed by atoms with Crippen molar-refractivity contribution in [1.82, 2.24) is 25.5 Å². The van der Waals surface area contributed by atoms with Gasteiger partial charge in [0.05, 0.1) is 0 Å². The van der Waals surface area contributed by atoms with Crippen molar-refractivity contribution >= 4 is 41.0 Å². The molecule has 0 spiro atoms. The first-order chi connectivity index (χ1) is 19.0. The van der Waals surface area contributed by atoms with Crippen molar-refractivity contribution in [3.05, 3.63) is 70.5 Å². The van der Waals surface area contributed by atoms with Gasteiger partial charge in [-0.25, -0.2) is 9.97 Å². The third-order valence-corrected chi connectivity index (χ3v) is 6.46. The summed E-state index contributed by atoms with van der Waals surface area (Å²) in [5, 5.41) is 13.6. The first-order valence-electron chi connectivity index (χ1n) is 12.6. The summed E-state index contributed by atoms with van der Waals surface area (Å²) in [6, 6.07) is 16.5. The van der Waals surface area contributed by atoms with E-state index in [-0.39, 0.29) is 34.3 Å². The molecule has 1 heterocycles. The number of hydrogen-bond donors (Lipinski definition) is 5. The number of nitrogens with two attached hydrogens (primary N) is 3. The molecule has 0 saturated heterocycles. The van der Waals surface area contributed by atoms with E-state index in [0.717, 1.165) is 41.1 Å². The Morgan fingerprint density at radius 3 is 2.08 bits per heavy atom. The van der Waals surface area contributed by atoms with Crippen molar-refractivity contribution in [3.63, 3.8) is 0 Å². The van der Waals surface area contributed by atoms with Crippen molar-refractivity contribution in [2.24, 2.45) is 10.7 Å². The van der Waals surface area contributed by atoms with E-state index in [2.05, 4.69) is 44.5 Å². The largest absolute Gasteiger partial charge is 0.382 e. The van der Waals surface area contributed by atoms with E-state index in [9.17, 15) is 14.8 Å². The molecule has 0 saturated carbocycles. The number of halogens is 1. The smallest absolute Gasteiger partial charge is 0.280 e. The molecule has 2 amide bonds. The van der Waals surface area contributed by atoms with Gasteiger partial charge in [-0.1, -0.05) is 60.1 Å². The minimum Gasteiger partial charge on any atom is -0.382 e. The van der Waals surface area contributed by atoms with Crippen molar-refractivity contribution in [3.8, 4) is 11.1 Å². The number of hydrogen-bond acceptors (Lipinski definition) is 9. The molecule has 0 bridgehead atoms. The van der Waals surface area contributed by atoms with Gasteiger partial charge >= 0.3 is 0 Å². The molecule has 8 N–H and O–H groups in total. The molecular weight excluding hydrogens is 534 g/mol. The van der Waals surface area contributed by atoms with Crippen LogP contribution in [-0.4, -0.2) is 63.8 Å². The third kappa shape index (κ3) is 8.63. The quantitative estimate of drug-likeness (QED) is 0.100. The highest BCUT2D eigenvalue weighted by molar-refractivity contribution is 6.31. The maximum atomic E-state index is 12.3. The average molecular weight is 568 g/mol. The number of aromatic nitrogens is 2. The monoisotopic (exact) mass is 567 g/mol. The molecule has 0 aliphatic rings. The van der Waals surface area contributed by atoms with Crippen molar-refractivity contribution < 1.29 is 14.8 Å². The van der Waals surface area contributed by atoms with Gasteiger partial charge in [0.25, 0.3) is 5.91 Å². The van der Waals surface area contributed by atoms with Crippen LogP contribution in [0.1, 0.15) is 40.9 Å². The van der Waals surface area contributed by atoms with Crippen LogP contribution in [0.3, 0.4) is 0 Å². The Morgan fingerprint density at radius 1 is 0.925 bits per heavy atom. The van der Waals surface area contributed by atoms with Crippen LogP contribution in [0.5, 0.6) is 0 Å². The van der Waals surface area contributed by atoms with E-state index >= 15 is 0 Å². The van der Waals surface area contributed by atoms with Crippen LogP contribution >= 0.6 is 11.6 Å². The number of amides is 2. The Balaban J connectivity index is 1.41. The fourth-order valence-electron chi connectivity index (χ4n) is 3.77. The van der Waals surface area contributed by atoms with Crippen molar-refractivity contribution in [1.29, 1.82) is 0 Å². The Bertz CT molecular complexity index is 1350. The SMILES string of the molecule is CN(O)N(C)C(=O)CCc1ccc(-c2ccc(CCCCN=C(N)NC(=O)c3nc(Cl)c(N)nc3N)cc2)cc1. The summed E-state index contributed by atoms with van der Waals surface area (Å²) in [6.07, 6.45) is 3.46.